The van der Waals surface area contributed by atoms with Gasteiger partial charge in [-0.2, -0.15) is 0 Å². The number of anilines is 1. The van der Waals surface area contributed by atoms with E-state index in [1.807, 2.05) is 0 Å². The minimum atomic E-state index is -1.53. The first kappa shape index (κ1) is 15.8. The Labute approximate surface area is 133 Å². The van der Waals surface area contributed by atoms with Gasteiger partial charge in [0.1, 0.15) is 5.75 Å². The molecule has 2 aromatic carbocycles. The fraction of sp³-hybridized carbons (Fsp3) is 0.0714. The number of rotatable bonds is 3. The van der Waals surface area contributed by atoms with Crippen LogP contribution in [0.15, 0.2) is 42.5 Å². The Morgan fingerprint density at radius 2 is 1.95 bits per heavy atom. The second-order valence-electron chi connectivity index (χ2n) is 4.37. The van der Waals surface area contributed by atoms with Gasteiger partial charge in [0.05, 0.1) is 0 Å². The minimum absolute atomic E-state index is 0.143. The van der Waals surface area contributed by atoms with Crippen molar-refractivity contribution in [1.29, 1.82) is 0 Å². The van der Waals surface area contributed by atoms with Crippen LogP contribution in [0.5, 0.6) is 5.75 Å². The van der Waals surface area contributed by atoms with Crippen LogP contribution in [0.2, 0.25) is 5.02 Å². The van der Waals surface area contributed by atoms with Crippen molar-refractivity contribution < 1.29 is 14.8 Å². The van der Waals surface area contributed by atoms with E-state index in [9.17, 15) is 10.0 Å². The normalized spacial score (nSPS) is 10.1. The zero-order valence-corrected chi connectivity index (χ0v) is 12.8. The van der Waals surface area contributed by atoms with Crippen molar-refractivity contribution in [2.45, 2.75) is 6.92 Å². The van der Waals surface area contributed by atoms with Gasteiger partial charge in [0.2, 0.25) is 0 Å². The fourth-order valence-corrected chi connectivity index (χ4v) is 2.23. The van der Waals surface area contributed by atoms with Crippen LogP contribution >= 0.6 is 23.8 Å². The van der Waals surface area contributed by atoms with Gasteiger partial charge in [-0.3, -0.25) is 0 Å². The molecule has 0 atom stereocenters. The van der Waals surface area contributed by atoms with E-state index in [1.165, 1.54) is 0 Å². The highest BCUT2D eigenvalue weighted by atomic mass is 35.5. The quantitative estimate of drug-likeness (QED) is 0.597. The highest BCUT2D eigenvalue weighted by molar-refractivity contribution is 7.80. The number of nitrogens with one attached hydrogen (secondary N) is 1. The van der Waals surface area contributed by atoms with Crippen LogP contribution in [-0.4, -0.2) is 22.3 Å². The van der Waals surface area contributed by atoms with Crippen LogP contribution < -0.4 is 15.5 Å². The molecule has 0 aliphatic carbocycles. The molecule has 4 nitrogen and oxygen atoms in total. The van der Waals surface area contributed by atoms with Gasteiger partial charge in [-0.1, -0.05) is 29.8 Å². The van der Waals surface area contributed by atoms with Gasteiger partial charge in [0, 0.05) is 10.7 Å². The first-order valence-electron chi connectivity index (χ1n) is 6.17. The van der Waals surface area contributed by atoms with E-state index in [0.29, 0.717) is 27.5 Å². The molecule has 0 aliphatic heterocycles. The summed E-state index contributed by atoms with van der Waals surface area (Å²) in [6.07, 6.45) is 0. The maximum atomic E-state index is 9.28. The van der Waals surface area contributed by atoms with Crippen LogP contribution in [0.1, 0.15) is 5.56 Å². The number of ether oxygens (including phenoxy) is 1. The number of halogens is 1. The molecule has 0 aromatic heterocycles. The molecule has 7 heteroatoms. The smallest absolute Gasteiger partial charge is 0.432 e. The Balaban J connectivity index is 2.11. The van der Waals surface area contributed by atoms with Crippen molar-refractivity contribution in [3.05, 3.63) is 53.1 Å². The van der Waals surface area contributed by atoms with Crippen LogP contribution in [0.3, 0.4) is 0 Å². The highest BCUT2D eigenvalue weighted by Crippen LogP contribution is 2.18. The average molecular weight is 322 g/mol. The second-order valence-corrected chi connectivity index (χ2v) is 5.17. The molecule has 0 saturated heterocycles. The molecular weight excluding hydrogens is 308 g/mol. The van der Waals surface area contributed by atoms with Gasteiger partial charge in [-0.25, -0.2) is 0 Å². The van der Waals surface area contributed by atoms with Crippen molar-refractivity contribution >= 4 is 47.3 Å². The summed E-state index contributed by atoms with van der Waals surface area (Å²) in [5.74, 6) is 0.524. The molecule has 2 aromatic rings. The third-order valence-corrected chi connectivity index (χ3v) is 3.32. The fourth-order valence-electron chi connectivity index (χ4n) is 1.84. The lowest BCUT2D eigenvalue weighted by atomic mass is 9.77. The first-order valence-corrected chi connectivity index (χ1v) is 6.96. The zero-order chi connectivity index (χ0) is 15.4. The van der Waals surface area contributed by atoms with Gasteiger partial charge >= 0.3 is 7.12 Å². The lowest BCUT2D eigenvalue weighted by molar-refractivity contribution is 0.425. The summed E-state index contributed by atoms with van der Waals surface area (Å²) >= 11 is 11.0. The van der Waals surface area contributed by atoms with Crippen LogP contribution in [0, 0.1) is 6.92 Å². The van der Waals surface area contributed by atoms with E-state index >= 15 is 0 Å². The third kappa shape index (κ3) is 4.18. The maximum Gasteiger partial charge on any atom is 0.488 e. The Bertz CT molecular complexity index is 666. The molecule has 0 fully saturated rings. The zero-order valence-electron chi connectivity index (χ0n) is 11.2. The Hall–Kier alpha value is -1.60. The average Bonchev–Trinajstić information content (AvgIpc) is 2.40. The van der Waals surface area contributed by atoms with Gasteiger partial charge < -0.3 is 20.1 Å². The second kappa shape index (κ2) is 6.91. The first-order chi connectivity index (χ1) is 9.97. The highest BCUT2D eigenvalue weighted by Gasteiger charge is 2.16. The molecule has 0 saturated carbocycles. The molecule has 21 heavy (non-hydrogen) atoms. The summed E-state index contributed by atoms with van der Waals surface area (Å²) in [5, 5.41) is 22.2. The molecule has 0 radical (unpaired) electrons. The van der Waals surface area contributed by atoms with Crippen LogP contribution in [0.25, 0.3) is 0 Å². The van der Waals surface area contributed by atoms with E-state index < -0.39 is 7.12 Å². The summed E-state index contributed by atoms with van der Waals surface area (Å²) in [5.41, 5.74) is 1.74. The SMILES string of the molecule is Cc1c(NC(=S)Oc2cccc(Cl)c2)cccc1B(O)O. The molecule has 0 amide bonds. The molecule has 0 heterocycles. The van der Waals surface area contributed by atoms with Gasteiger partial charge in [0.25, 0.3) is 5.17 Å². The van der Waals surface area contributed by atoms with Gasteiger partial charge in [-0.15, -0.1) is 0 Å². The number of thiocarbonyl (C=S) groups is 1. The molecule has 2 rings (SSSR count). The van der Waals surface area contributed by atoms with E-state index in [0.717, 1.165) is 0 Å². The summed E-state index contributed by atoms with van der Waals surface area (Å²) in [6, 6.07) is 12.0. The lowest BCUT2D eigenvalue weighted by Gasteiger charge is -2.14. The maximum absolute atomic E-state index is 9.28. The Kier molecular flexibility index (Phi) is 5.19. The van der Waals surface area contributed by atoms with E-state index in [1.54, 1.807) is 49.4 Å². The van der Waals surface area contributed by atoms with Crippen LogP contribution in [-0.2, 0) is 0 Å². The molecule has 0 unspecified atom stereocenters. The summed E-state index contributed by atoms with van der Waals surface area (Å²) in [6.45, 7) is 1.76. The number of hydrogen-bond acceptors (Lipinski definition) is 4. The lowest BCUT2D eigenvalue weighted by Crippen LogP contribution is -2.33. The number of benzene rings is 2. The third-order valence-electron chi connectivity index (χ3n) is 2.90. The monoisotopic (exact) mass is 321 g/mol. The van der Waals surface area contributed by atoms with Crippen molar-refractivity contribution in [1.82, 2.24) is 0 Å². The molecular formula is C14H13BClNO3S. The number of hydrogen-bond donors (Lipinski definition) is 3. The summed E-state index contributed by atoms with van der Waals surface area (Å²) < 4.78 is 5.47. The summed E-state index contributed by atoms with van der Waals surface area (Å²) in [7, 11) is -1.53. The topological polar surface area (TPSA) is 61.7 Å². The Morgan fingerprint density at radius 1 is 1.24 bits per heavy atom. The molecule has 0 aliphatic rings. The van der Waals surface area contributed by atoms with Gasteiger partial charge in [0.15, 0.2) is 0 Å². The Morgan fingerprint density at radius 3 is 2.62 bits per heavy atom. The van der Waals surface area contributed by atoms with Crippen LogP contribution in [0.4, 0.5) is 5.69 Å². The van der Waals surface area contributed by atoms with Crippen molar-refractivity contribution in [3.63, 3.8) is 0 Å². The predicted octanol–water partition coefficient (Wildman–Crippen LogP) is 2.10. The van der Waals surface area contributed by atoms with Gasteiger partial charge in [-0.05, 0) is 54.4 Å². The predicted molar refractivity (Wildman–Crippen MR) is 89.3 cm³/mol. The molecule has 0 bridgehead atoms. The van der Waals surface area contributed by atoms with Crippen molar-refractivity contribution in [2.24, 2.45) is 0 Å². The standard InChI is InChI=1S/C14H13BClNO3S/c1-9-12(15(18)19)6-3-7-13(9)17-14(21)20-11-5-2-4-10(16)8-11/h2-8,18-19H,1H3,(H,17,21). The van der Waals surface area contributed by atoms with Crippen molar-refractivity contribution in [3.8, 4) is 5.75 Å². The molecule has 0 spiro atoms. The van der Waals surface area contributed by atoms with E-state index in [4.69, 9.17) is 28.6 Å². The largest absolute Gasteiger partial charge is 0.488 e. The summed E-state index contributed by atoms with van der Waals surface area (Å²) in [4.78, 5) is 0. The van der Waals surface area contributed by atoms with E-state index in [-0.39, 0.29) is 5.17 Å². The van der Waals surface area contributed by atoms with E-state index in [2.05, 4.69) is 5.32 Å². The minimum Gasteiger partial charge on any atom is -0.432 e. The molecule has 108 valence electrons. The molecule has 3 N–H and O–H groups in total. The van der Waals surface area contributed by atoms with Crippen molar-refractivity contribution in [2.75, 3.05) is 5.32 Å².